The molecule has 4 heteroatoms. The second-order valence-electron chi connectivity index (χ2n) is 4.71. The number of hydrogen-bond donors (Lipinski definition) is 1. The van der Waals surface area contributed by atoms with Gasteiger partial charge in [-0.3, -0.25) is 0 Å². The van der Waals surface area contributed by atoms with Gasteiger partial charge in [-0.15, -0.1) is 0 Å². The molecule has 4 nitrogen and oxygen atoms in total. The summed E-state index contributed by atoms with van der Waals surface area (Å²) in [5, 5.41) is 7.48. The number of hydrogen-bond acceptors (Lipinski definition) is 4. The van der Waals surface area contributed by atoms with Gasteiger partial charge in [0.15, 0.2) is 5.82 Å². The lowest BCUT2D eigenvalue weighted by Gasteiger charge is -2.19. The Labute approximate surface area is 106 Å². The Balaban J connectivity index is 1.69. The molecule has 1 saturated heterocycles. The van der Waals surface area contributed by atoms with E-state index in [1.54, 1.807) is 0 Å². The summed E-state index contributed by atoms with van der Waals surface area (Å²) in [6.45, 7) is 1.04. The molecule has 1 aromatic carbocycles. The van der Waals surface area contributed by atoms with Crippen LogP contribution in [0.5, 0.6) is 0 Å². The van der Waals surface area contributed by atoms with Crippen molar-refractivity contribution in [2.24, 2.45) is 0 Å². The fraction of sp³-hybridized carbons (Fsp3) is 0.429. The summed E-state index contributed by atoms with van der Waals surface area (Å²) in [6.07, 6.45) is 4.29. The third kappa shape index (κ3) is 2.59. The summed E-state index contributed by atoms with van der Waals surface area (Å²) < 4.78 is 5.35. The van der Waals surface area contributed by atoms with Crippen LogP contribution in [-0.2, 0) is 6.42 Å². The van der Waals surface area contributed by atoms with Gasteiger partial charge in [-0.1, -0.05) is 41.9 Å². The van der Waals surface area contributed by atoms with Gasteiger partial charge in [0.1, 0.15) is 0 Å². The van der Waals surface area contributed by atoms with Gasteiger partial charge in [0.05, 0.1) is 6.04 Å². The normalized spacial score (nSPS) is 19.9. The molecule has 0 bridgehead atoms. The summed E-state index contributed by atoms with van der Waals surface area (Å²) in [7, 11) is 0. The maximum absolute atomic E-state index is 5.35. The zero-order valence-electron chi connectivity index (χ0n) is 10.3. The highest BCUT2D eigenvalue weighted by Crippen LogP contribution is 2.21. The van der Waals surface area contributed by atoms with Crippen LogP contribution in [-0.4, -0.2) is 16.7 Å². The molecule has 1 fully saturated rings. The molecule has 0 spiro atoms. The van der Waals surface area contributed by atoms with E-state index in [1.165, 1.54) is 18.4 Å². The number of rotatable bonds is 3. The van der Waals surface area contributed by atoms with Crippen molar-refractivity contribution < 1.29 is 4.52 Å². The predicted octanol–water partition coefficient (Wildman–Crippen LogP) is 2.48. The lowest BCUT2D eigenvalue weighted by Crippen LogP contribution is -2.27. The minimum Gasteiger partial charge on any atom is -0.338 e. The van der Waals surface area contributed by atoms with Crippen LogP contribution in [0.25, 0.3) is 0 Å². The van der Waals surface area contributed by atoms with Gasteiger partial charge in [0.25, 0.3) is 0 Å². The molecule has 18 heavy (non-hydrogen) atoms. The molecule has 0 saturated carbocycles. The van der Waals surface area contributed by atoms with Gasteiger partial charge < -0.3 is 9.84 Å². The Bertz CT molecular complexity index is 489. The monoisotopic (exact) mass is 243 g/mol. The lowest BCUT2D eigenvalue weighted by molar-refractivity contribution is 0.296. The molecule has 94 valence electrons. The van der Waals surface area contributed by atoms with E-state index in [0.29, 0.717) is 0 Å². The number of nitrogens with zero attached hydrogens (tertiary/aromatic N) is 2. The SMILES string of the molecule is c1ccc(Cc2noc([C@@H]3CCCCN3)n2)cc1. The molecule has 2 aromatic rings. The molecule has 0 amide bonds. The highest BCUT2D eigenvalue weighted by Gasteiger charge is 2.20. The van der Waals surface area contributed by atoms with Crippen LogP contribution in [0.2, 0.25) is 0 Å². The highest BCUT2D eigenvalue weighted by atomic mass is 16.5. The Morgan fingerprint density at radius 2 is 2.11 bits per heavy atom. The van der Waals surface area contributed by atoms with Crippen LogP contribution in [0, 0.1) is 0 Å². The van der Waals surface area contributed by atoms with Gasteiger partial charge >= 0.3 is 0 Å². The molecular weight excluding hydrogens is 226 g/mol. The molecule has 3 rings (SSSR count). The smallest absolute Gasteiger partial charge is 0.243 e. The van der Waals surface area contributed by atoms with Crippen LogP contribution in [0.4, 0.5) is 0 Å². The molecule has 0 aliphatic carbocycles. The van der Waals surface area contributed by atoms with E-state index in [9.17, 15) is 0 Å². The van der Waals surface area contributed by atoms with Gasteiger partial charge in [-0.25, -0.2) is 0 Å². The quantitative estimate of drug-likeness (QED) is 0.899. The minimum absolute atomic E-state index is 0.246. The van der Waals surface area contributed by atoms with E-state index in [1.807, 2.05) is 18.2 Å². The fourth-order valence-electron chi connectivity index (χ4n) is 2.32. The average molecular weight is 243 g/mol. The first-order valence-electron chi connectivity index (χ1n) is 6.51. The maximum Gasteiger partial charge on any atom is 0.243 e. The van der Waals surface area contributed by atoms with Gasteiger partial charge in [0, 0.05) is 6.42 Å². The van der Waals surface area contributed by atoms with Gasteiger partial charge in [-0.2, -0.15) is 4.98 Å². The molecule has 1 atom stereocenters. The van der Waals surface area contributed by atoms with Crippen molar-refractivity contribution in [2.45, 2.75) is 31.7 Å². The Morgan fingerprint density at radius 1 is 1.22 bits per heavy atom. The summed E-state index contributed by atoms with van der Waals surface area (Å²) in [4.78, 5) is 4.49. The first kappa shape index (κ1) is 11.4. The molecule has 0 radical (unpaired) electrons. The van der Waals surface area contributed by atoms with Crippen LogP contribution in [0.3, 0.4) is 0 Å². The third-order valence-electron chi connectivity index (χ3n) is 3.30. The molecule has 1 aliphatic rings. The molecule has 0 unspecified atom stereocenters. The van der Waals surface area contributed by atoms with Crippen molar-refractivity contribution in [3.8, 4) is 0 Å². The standard InChI is InChI=1S/C14H17N3O/c1-2-6-11(7-3-1)10-13-16-14(18-17-13)12-8-4-5-9-15-12/h1-3,6-7,12,15H,4-5,8-10H2/t12-/m0/s1. The molecule has 2 heterocycles. The summed E-state index contributed by atoms with van der Waals surface area (Å²) in [5.41, 5.74) is 1.21. The van der Waals surface area contributed by atoms with Crippen molar-refractivity contribution in [1.82, 2.24) is 15.5 Å². The maximum atomic E-state index is 5.35. The van der Waals surface area contributed by atoms with Crippen LogP contribution < -0.4 is 5.32 Å². The number of piperidine rings is 1. The summed E-state index contributed by atoms with van der Waals surface area (Å²) in [5.74, 6) is 1.50. The second-order valence-corrected chi connectivity index (χ2v) is 4.71. The topological polar surface area (TPSA) is 51.0 Å². The average Bonchev–Trinajstić information content (AvgIpc) is 2.89. The third-order valence-corrected chi connectivity index (χ3v) is 3.30. The Hall–Kier alpha value is -1.68. The van der Waals surface area contributed by atoms with Crippen molar-refractivity contribution in [3.63, 3.8) is 0 Å². The van der Waals surface area contributed by atoms with Gasteiger partial charge in [0.2, 0.25) is 5.89 Å². The largest absolute Gasteiger partial charge is 0.338 e. The van der Waals surface area contributed by atoms with Crippen LogP contribution >= 0.6 is 0 Å². The predicted molar refractivity (Wildman–Crippen MR) is 68.1 cm³/mol. The summed E-state index contributed by atoms with van der Waals surface area (Å²) in [6, 6.07) is 10.5. The molecule has 1 aromatic heterocycles. The highest BCUT2D eigenvalue weighted by molar-refractivity contribution is 5.18. The Morgan fingerprint density at radius 3 is 2.89 bits per heavy atom. The minimum atomic E-state index is 0.246. The zero-order valence-corrected chi connectivity index (χ0v) is 10.3. The van der Waals surface area contributed by atoms with E-state index in [4.69, 9.17) is 4.52 Å². The molecule has 1 aliphatic heterocycles. The van der Waals surface area contributed by atoms with E-state index in [2.05, 4.69) is 27.6 Å². The van der Waals surface area contributed by atoms with Crippen molar-refractivity contribution >= 4 is 0 Å². The molecular formula is C14H17N3O. The lowest BCUT2D eigenvalue weighted by atomic mass is 10.1. The van der Waals surface area contributed by atoms with Crippen LogP contribution in [0.1, 0.15) is 42.6 Å². The first-order chi connectivity index (χ1) is 8.92. The van der Waals surface area contributed by atoms with Crippen molar-refractivity contribution in [2.75, 3.05) is 6.54 Å². The fourth-order valence-corrected chi connectivity index (χ4v) is 2.32. The number of aromatic nitrogens is 2. The van der Waals surface area contributed by atoms with E-state index in [0.717, 1.165) is 31.1 Å². The second kappa shape index (κ2) is 5.31. The first-order valence-corrected chi connectivity index (χ1v) is 6.51. The van der Waals surface area contributed by atoms with E-state index < -0.39 is 0 Å². The summed E-state index contributed by atoms with van der Waals surface area (Å²) >= 11 is 0. The van der Waals surface area contributed by atoms with E-state index >= 15 is 0 Å². The van der Waals surface area contributed by atoms with Crippen molar-refractivity contribution in [3.05, 3.63) is 47.6 Å². The molecule has 1 N–H and O–H groups in total. The van der Waals surface area contributed by atoms with Gasteiger partial charge in [-0.05, 0) is 24.9 Å². The van der Waals surface area contributed by atoms with Crippen molar-refractivity contribution in [1.29, 1.82) is 0 Å². The van der Waals surface area contributed by atoms with E-state index in [-0.39, 0.29) is 6.04 Å². The van der Waals surface area contributed by atoms with Crippen LogP contribution in [0.15, 0.2) is 34.9 Å². The number of benzene rings is 1. The number of nitrogens with one attached hydrogen (secondary N) is 1. The Kier molecular flexibility index (Phi) is 3.37. The zero-order chi connectivity index (χ0) is 12.2.